The smallest absolute Gasteiger partial charge is 0.157 e. The number of carbonyl (C=O) groups excluding carboxylic acids is 1. The quantitative estimate of drug-likeness (QED) is 0.610. The molecule has 0 radical (unpaired) electrons. The fraction of sp³-hybridized carbons (Fsp3) is 0.667. The van der Waals surface area contributed by atoms with Gasteiger partial charge in [-0.3, -0.25) is 4.79 Å². The van der Waals surface area contributed by atoms with Crippen molar-refractivity contribution in [3.63, 3.8) is 0 Å². The lowest BCUT2D eigenvalue weighted by molar-refractivity contribution is -0.114. The van der Waals surface area contributed by atoms with Gasteiger partial charge in [-0.2, -0.15) is 0 Å². The van der Waals surface area contributed by atoms with Crippen molar-refractivity contribution in [1.29, 1.82) is 0 Å². The predicted molar refractivity (Wildman–Crippen MR) is 44.5 cm³/mol. The summed E-state index contributed by atoms with van der Waals surface area (Å²) >= 11 is 0. The molecule has 0 aromatic rings. The normalized spacial score (nSPS) is 27.0. The van der Waals surface area contributed by atoms with Crippen molar-refractivity contribution < 1.29 is 9.90 Å². The Hall–Kier alpha value is -0.830. The van der Waals surface area contributed by atoms with Crippen molar-refractivity contribution in [2.45, 2.75) is 25.4 Å². The number of hydrogen-bond donors (Lipinski definition) is 1. The summed E-state index contributed by atoms with van der Waals surface area (Å²) in [5, 5.41) is 9.46. The Balaban J connectivity index is 1.97. The maximum absolute atomic E-state index is 10.9. The lowest BCUT2D eigenvalue weighted by atomic mass is 9.96. The fourth-order valence-corrected chi connectivity index (χ4v) is 1.81. The maximum atomic E-state index is 10.9. The van der Waals surface area contributed by atoms with E-state index in [0.29, 0.717) is 19.5 Å². The van der Waals surface area contributed by atoms with Crippen LogP contribution in [0.4, 0.5) is 0 Å². The van der Waals surface area contributed by atoms with E-state index in [4.69, 9.17) is 0 Å². The van der Waals surface area contributed by atoms with Crippen LogP contribution < -0.4 is 0 Å². The molecule has 2 rings (SSSR count). The first-order valence-electron chi connectivity index (χ1n) is 4.28. The third-order valence-electron chi connectivity index (χ3n) is 2.42. The van der Waals surface area contributed by atoms with Gasteiger partial charge >= 0.3 is 0 Å². The second-order valence-electron chi connectivity index (χ2n) is 3.95. The highest BCUT2D eigenvalue weighted by Crippen LogP contribution is 2.29. The lowest BCUT2D eigenvalue weighted by Gasteiger charge is -2.46. The summed E-state index contributed by atoms with van der Waals surface area (Å²) in [6.07, 6.45) is 3.21. The molecule has 0 amide bonds. The van der Waals surface area contributed by atoms with Gasteiger partial charge in [0, 0.05) is 31.3 Å². The van der Waals surface area contributed by atoms with Crippen molar-refractivity contribution in [2.24, 2.45) is 0 Å². The molecule has 1 aliphatic heterocycles. The molecule has 0 bridgehead atoms. The van der Waals surface area contributed by atoms with Gasteiger partial charge < -0.3 is 10.0 Å². The summed E-state index contributed by atoms with van der Waals surface area (Å²) in [6.45, 7) is 3.17. The lowest BCUT2D eigenvalue weighted by Crippen LogP contribution is -2.58. The SMILES string of the molecule is CC1(O)CN(C2=CC(=O)CC2)C1. The van der Waals surface area contributed by atoms with E-state index in [1.807, 2.05) is 6.92 Å². The van der Waals surface area contributed by atoms with E-state index in [0.717, 1.165) is 12.1 Å². The molecule has 1 N–H and O–H groups in total. The standard InChI is InChI=1S/C9H13NO2/c1-9(12)5-10(6-9)7-2-3-8(11)4-7/h4,12H,2-3,5-6H2,1H3. The van der Waals surface area contributed by atoms with Gasteiger partial charge in [0.15, 0.2) is 5.78 Å². The first kappa shape index (κ1) is 7.80. The minimum absolute atomic E-state index is 0.219. The van der Waals surface area contributed by atoms with Crippen molar-refractivity contribution in [1.82, 2.24) is 4.90 Å². The molecule has 0 atom stereocenters. The molecule has 0 saturated carbocycles. The molecular formula is C9H13NO2. The number of allylic oxidation sites excluding steroid dienone is 2. The highest BCUT2D eigenvalue weighted by molar-refractivity contribution is 5.92. The largest absolute Gasteiger partial charge is 0.386 e. The van der Waals surface area contributed by atoms with Crippen molar-refractivity contribution in [3.05, 3.63) is 11.8 Å². The van der Waals surface area contributed by atoms with E-state index in [1.54, 1.807) is 6.08 Å². The van der Waals surface area contributed by atoms with E-state index in [1.165, 1.54) is 0 Å². The summed E-state index contributed by atoms with van der Waals surface area (Å²) in [6, 6.07) is 0. The van der Waals surface area contributed by atoms with Crippen LogP contribution in [0.1, 0.15) is 19.8 Å². The Bertz CT molecular complexity index is 247. The Morgan fingerprint density at radius 3 is 2.58 bits per heavy atom. The van der Waals surface area contributed by atoms with E-state index < -0.39 is 5.60 Å². The first-order valence-corrected chi connectivity index (χ1v) is 4.28. The van der Waals surface area contributed by atoms with E-state index >= 15 is 0 Å². The van der Waals surface area contributed by atoms with Crippen LogP contribution in [0.3, 0.4) is 0 Å². The predicted octanol–water partition coefficient (Wildman–Crippen LogP) is 0.300. The maximum Gasteiger partial charge on any atom is 0.157 e. The van der Waals surface area contributed by atoms with E-state index in [9.17, 15) is 9.90 Å². The first-order chi connectivity index (χ1) is 5.57. The molecule has 0 unspecified atom stereocenters. The summed E-state index contributed by atoms with van der Waals surface area (Å²) in [7, 11) is 0. The van der Waals surface area contributed by atoms with Gasteiger partial charge in [-0.05, 0) is 13.3 Å². The van der Waals surface area contributed by atoms with Gasteiger partial charge in [0.1, 0.15) is 0 Å². The molecule has 12 heavy (non-hydrogen) atoms. The average molecular weight is 167 g/mol. The second kappa shape index (κ2) is 2.33. The third-order valence-corrected chi connectivity index (χ3v) is 2.42. The number of ketones is 1. The van der Waals surface area contributed by atoms with Crippen molar-refractivity contribution in [2.75, 3.05) is 13.1 Å². The van der Waals surface area contributed by atoms with Gasteiger partial charge in [0.2, 0.25) is 0 Å². The van der Waals surface area contributed by atoms with Crippen LogP contribution in [0.25, 0.3) is 0 Å². The summed E-state index contributed by atoms with van der Waals surface area (Å²) in [4.78, 5) is 13.0. The number of aliphatic hydroxyl groups is 1. The molecule has 1 fully saturated rings. The minimum atomic E-state index is -0.535. The molecule has 1 aliphatic carbocycles. The monoisotopic (exact) mass is 167 g/mol. The molecule has 3 nitrogen and oxygen atoms in total. The molecule has 2 aliphatic rings. The number of nitrogens with zero attached hydrogens (tertiary/aromatic N) is 1. The molecule has 1 saturated heterocycles. The minimum Gasteiger partial charge on any atom is -0.386 e. The van der Waals surface area contributed by atoms with Gasteiger partial charge in [-0.1, -0.05) is 0 Å². The molecule has 0 aromatic heterocycles. The number of carbonyl (C=O) groups is 1. The molecule has 66 valence electrons. The van der Waals surface area contributed by atoms with Gasteiger partial charge in [0.25, 0.3) is 0 Å². The number of likely N-dealkylation sites (tertiary alicyclic amines) is 1. The van der Waals surface area contributed by atoms with Crippen LogP contribution in [0.2, 0.25) is 0 Å². The summed E-state index contributed by atoms with van der Waals surface area (Å²) < 4.78 is 0. The zero-order valence-corrected chi connectivity index (χ0v) is 7.21. The van der Waals surface area contributed by atoms with Gasteiger partial charge in [0.05, 0.1) is 5.60 Å². The number of hydrogen-bond acceptors (Lipinski definition) is 3. The molecule has 3 heteroatoms. The Kier molecular flexibility index (Phi) is 1.51. The molecule has 0 aromatic carbocycles. The number of β-amino-alcohol motifs (C(OH)–C–C–N with tert-alkyl or cyclic N) is 1. The topological polar surface area (TPSA) is 40.5 Å². The van der Waals surface area contributed by atoms with E-state index in [2.05, 4.69) is 4.90 Å². The second-order valence-corrected chi connectivity index (χ2v) is 3.95. The summed E-state index contributed by atoms with van der Waals surface area (Å²) in [5.41, 5.74) is 0.568. The van der Waals surface area contributed by atoms with Crippen molar-refractivity contribution >= 4 is 5.78 Å². The molecule has 1 heterocycles. The summed E-state index contributed by atoms with van der Waals surface area (Å²) in [5.74, 6) is 0.219. The van der Waals surface area contributed by atoms with Gasteiger partial charge in [-0.25, -0.2) is 0 Å². The zero-order valence-electron chi connectivity index (χ0n) is 7.21. The average Bonchev–Trinajstić information content (AvgIpc) is 2.30. The Labute approximate surface area is 71.7 Å². The van der Waals surface area contributed by atoms with Crippen LogP contribution in [-0.4, -0.2) is 34.5 Å². The van der Waals surface area contributed by atoms with Crippen LogP contribution in [0, 0.1) is 0 Å². The third kappa shape index (κ3) is 1.25. The van der Waals surface area contributed by atoms with Crippen LogP contribution in [-0.2, 0) is 4.79 Å². The van der Waals surface area contributed by atoms with E-state index in [-0.39, 0.29) is 5.78 Å². The van der Waals surface area contributed by atoms with Crippen molar-refractivity contribution in [3.8, 4) is 0 Å². The zero-order chi connectivity index (χ0) is 8.77. The highest BCUT2D eigenvalue weighted by atomic mass is 16.3. The Morgan fingerprint density at radius 1 is 1.50 bits per heavy atom. The number of rotatable bonds is 1. The van der Waals surface area contributed by atoms with Crippen LogP contribution >= 0.6 is 0 Å². The fourth-order valence-electron chi connectivity index (χ4n) is 1.81. The van der Waals surface area contributed by atoms with Crippen LogP contribution in [0.15, 0.2) is 11.8 Å². The molecule has 0 spiro atoms. The molecular weight excluding hydrogens is 154 g/mol. The van der Waals surface area contributed by atoms with Crippen LogP contribution in [0.5, 0.6) is 0 Å². The highest BCUT2D eigenvalue weighted by Gasteiger charge is 2.38. The Morgan fingerprint density at radius 2 is 2.17 bits per heavy atom. The van der Waals surface area contributed by atoms with Gasteiger partial charge in [-0.15, -0.1) is 0 Å².